The van der Waals surface area contributed by atoms with Gasteiger partial charge >= 0.3 is 11.7 Å². The lowest BCUT2D eigenvalue weighted by atomic mass is 9.88. The number of hydrogen-bond donors (Lipinski definition) is 1. The average molecular weight is 678 g/mol. The Kier molecular flexibility index (Phi) is 9.14. The van der Waals surface area contributed by atoms with Crippen LogP contribution < -0.4 is 21.3 Å². The fourth-order valence-corrected chi connectivity index (χ4v) is 7.28. The van der Waals surface area contributed by atoms with Gasteiger partial charge in [-0.1, -0.05) is 17.7 Å². The van der Waals surface area contributed by atoms with Crippen LogP contribution in [-0.2, 0) is 30.0 Å². The number of rotatable bonds is 8. The van der Waals surface area contributed by atoms with Crippen molar-refractivity contribution in [3.05, 3.63) is 95.7 Å². The van der Waals surface area contributed by atoms with Gasteiger partial charge in [0.05, 0.1) is 30.4 Å². The molecule has 252 valence electrons. The summed E-state index contributed by atoms with van der Waals surface area (Å²) in [6, 6.07) is 5.01. The Bertz CT molecular complexity index is 2030. The van der Waals surface area contributed by atoms with E-state index in [9.17, 15) is 19.2 Å². The van der Waals surface area contributed by atoms with Crippen LogP contribution in [-0.4, -0.2) is 57.7 Å². The molecule has 6 rings (SSSR count). The lowest BCUT2D eigenvalue weighted by Gasteiger charge is -2.42. The van der Waals surface area contributed by atoms with Crippen molar-refractivity contribution in [2.45, 2.75) is 45.6 Å². The highest BCUT2D eigenvalue weighted by atomic mass is 35.5. The Hall–Kier alpha value is -4.55. The highest BCUT2D eigenvalue weighted by Crippen LogP contribution is 2.46. The molecule has 2 aromatic heterocycles. The van der Waals surface area contributed by atoms with E-state index in [0.717, 1.165) is 33.1 Å². The number of methoxy groups -OCH3 is 1. The minimum atomic E-state index is -0.718. The summed E-state index contributed by atoms with van der Waals surface area (Å²) in [6.07, 6.45) is 5.62. The molecule has 48 heavy (non-hydrogen) atoms. The molecule has 1 amide bonds. The zero-order chi connectivity index (χ0) is 34.4. The van der Waals surface area contributed by atoms with Crippen LogP contribution in [0.5, 0.6) is 5.88 Å². The number of ether oxygens (including phenoxy) is 2. The van der Waals surface area contributed by atoms with Crippen LogP contribution in [0.2, 0.25) is 5.02 Å². The third kappa shape index (κ3) is 5.77. The molecule has 1 atom stereocenters. The number of aryl methyl sites for hydroxylation is 2. The second kappa shape index (κ2) is 13.2. The summed E-state index contributed by atoms with van der Waals surface area (Å²) >= 11 is 7.01. The maximum absolute atomic E-state index is 15.6. The van der Waals surface area contributed by atoms with Gasteiger partial charge in [0, 0.05) is 61.8 Å². The Morgan fingerprint density at radius 2 is 1.92 bits per heavy atom. The molecule has 3 heterocycles. The number of esters is 1. The van der Waals surface area contributed by atoms with Crippen LogP contribution in [0.3, 0.4) is 0 Å². The Morgan fingerprint density at radius 1 is 1.17 bits per heavy atom. The van der Waals surface area contributed by atoms with Crippen LogP contribution in [0.4, 0.5) is 4.39 Å². The normalized spacial score (nSPS) is 17.9. The standard InChI is InChI=1S/C35H37ClFN5O6/c1-6-48-34(45)20-15-42(16-20)27-13-10-19-14-26(39-32(47-5)28(19)27)22-11-12-24(37)29(30(22)36)21-8-7-9-25(18(21)2)38-31(43)23-17-40(3)35(46)41(4)33(23)44/h9,11-12,14,17,20,27H,6-8,10,13,15-16H2,1-5H3,(H,38,43)/t27-/m0/s1. The van der Waals surface area contributed by atoms with Crippen molar-refractivity contribution in [1.29, 1.82) is 0 Å². The monoisotopic (exact) mass is 677 g/mol. The van der Waals surface area contributed by atoms with Gasteiger partial charge in [-0.3, -0.25) is 23.9 Å². The third-order valence-electron chi connectivity index (χ3n) is 9.50. The number of carbonyl (C=O) groups is 2. The fraction of sp³-hybridized carbons (Fsp3) is 0.400. The maximum atomic E-state index is 15.6. The number of nitrogens with zero attached hydrogens (tertiary/aromatic N) is 4. The third-order valence-corrected chi connectivity index (χ3v) is 9.89. The van der Waals surface area contributed by atoms with Crippen LogP contribution >= 0.6 is 11.6 Å². The predicted octanol–water partition coefficient (Wildman–Crippen LogP) is 4.31. The van der Waals surface area contributed by atoms with Crippen molar-refractivity contribution in [1.82, 2.24) is 24.3 Å². The molecule has 0 spiro atoms. The SMILES string of the molecule is CCOC(=O)C1CN([C@H]2CCc3cc(-c4ccc(F)c(C5=C(C)C(NC(=O)c6cn(C)c(=O)n(C)c6=O)=CCC5)c4Cl)nc(OC)c32)C1. The molecule has 11 nitrogen and oxygen atoms in total. The molecule has 0 unspecified atom stereocenters. The second-order valence-electron chi connectivity index (χ2n) is 12.3. The lowest BCUT2D eigenvalue weighted by Crippen LogP contribution is -2.51. The van der Waals surface area contributed by atoms with Crippen molar-refractivity contribution in [2.75, 3.05) is 26.8 Å². The second-order valence-corrected chi connectivity index (χ2v) is 12.7. The highest BCUT2D eigenvalue weighted by Gasteiger charge is 2.42. The van der Waals surface area contributed by atoms with E-state index < -0.39 is 23.0 Å². The largest absolute Gasteiger partial charge is 0.481 e. The molecule has 1 aromatic carbocycles. The van der Waals surface area contributed by atoms with E-state index in [1.807, 2.05) is 12.1 Å². The summed E-state index contributed by atoms with van der Waals surface area (Å²) in [5, 5.41) is 2.97. The minimum absolute atomic E-state index is 0.0674. The van der Waals surface area contributed by atoms with Crippen LogP contribution in [0, 0.1) is 11.7 Å². The molecular weight excluding hydrogens is 641 g/mol. The van der Waals surface area contributed by atoms with Gasteiger partial charge in [0.25, 0.3) is 11.5 Å². The number of benzene rings is 1. The topological polar surface area (TPSA) is 125 Å². The first kappa shape index (κ1) is 33.4. The molecular formula is C35H37ClFN5O6. The zero-order valence-electron chi connectivity index (χ0n) is 27.5. The number of halogens is 2. The van der Waals surface area contributed by atoms with Crippen molar-refractivity contribution in [3.8, 4) is 17.1 Å². The summed E-state index contributed by atoms with van der Waals surface area (Å²) in [5.74, 6) is -1.03. The number of hydrogen-bond acceptors (Lipinski definition) is 8. The molecule has 1 saturated heterocycles. The Morgan fingerprint density at radius 3 is 2.62 bits per heavy atom. The summed E-state index contributed by atoms with van der Waals surface area (Å²) in [6.45, 7) is 5.17. The number of fused-ring (bicyclic) bond motifs is 1. The number of aromatic nitrogens is 3. The summed E-state index contributed by atoms with van der Waals surface area (Å²) in [7, 11) is 4.33. The lowest BCUT2D eigenvalue weighted by molar-refractivity contribution is -0.155. The molecule has 0 radical (unpaired) electrons. The van der Waals surface area contributed by atoms with Gasteiger partial charge in [0.15, 0.2) is 0 Å². The van der Waals surface area contributed by atoms with Crippen LogP contribution in [0.25, 0.3) is 16.8 Å². The number of nitrogens with one attached hydrogen (secondary N) is 1. The molecule has 3 aromatic rings. The highest BCUT2D eigenvalue weighted by molar-refractivity contribution is 6.35. The van der Waals surface area contributed by atoms with Crippen molar-refractivity contribution in [3.63, 3.8) is 0 Å². The van der Waals surface area contributed by atoms with Gasteiger partial charge < -0.3 is 19.4 Å². The molecule has 1 aliphatic heterocycles. The van der Waals surface area contributed by atoms with Gasteiger partial charge in [-0.2, -0.15) is 0 Å². The first-order valence-corrected chi connectivity index (χ1v) is 16.3. The Balaban J connectivity index is 1.30. The van der Waals surface area contributed by atoms with E-state index in [2.05, 4.69) is 10.2 Å². The van der Waals surface area contributed by atoms with Gasteiger partial charge in [-0.05, 0) is 74.4 Å². The first-order chi connectivity index (χ1) is 22.9. The molecule has 1 N–H and O–H groups in total. The molecule has 3 aliphatic rings. The first-order valence-electron chi connectivity index (χ1n) is 15.9. The number of carbonyl (C=O) groups excluding carboxylic acids is 2. The Labute approximate surface area is 281 Å². The summed E-state index contributed by atoms with van der Waals surface area (Å²) < 4.78 is 28.6. The van der Waals surface area contributed by atoms with E-state index in [0.29, 0.717) is 66.5 Å². The van der Waals surface area contributed by atoms with E-state index in [1.54, 1.807) is 27.0 Å². The number of allylic oxidation sites excluding steroid dienone is 3. The van der Waals surface area contributed by atoms with Gasteiger partial charge in [0.1, 0.15) is 11.4 Å². The van der Waals surface area contributed by atoms with Crippen molar-refractivity contribution >= 4 is 29.1 Å². The number of likely N-dealkylation sites (tertiary alicyclic amines) is 1. The van der Waals surface area contributed by atoms with Crippen LogP contribution in [0.1, 0.15) is 66.2 Å². The van der Waals surface area contributed by atoms with Crippen molar-refractivity contribution < 1.29 is 23.5 Å². The van der Waals surface area contributed by atoms with E-state index in [-0.39, 0.29) is 34.1 Å². The number of pyridine rings is 1. The predicted molar refractivity (Wildman–Crippen MR) is 178 cm³/mol. The zero-order valence-corrected chi connectivity index (χ0v) is 28.2. The van der Waals surface area contributed by atoms with Crippen LogP contribution in [0.15, 0.2) is 51.3 Å². The molecule has 13 heteroatoms. The summed E-state index contributed by atoms with van der Waals surface area (Å²) in [5.41, 5.74) is 3.55. The summed E-state index contributed by atoms with van der Waals surface area (Å²) in [4.78, 5) is 57.2. The minimum Gasteiger partial charge on any atom is -0.481 e. The molecule has 0 bridgehead atoms. The van der Waals surface area contributed by atoms with E-state index in [4.69, 9.17) is 26.1 Å². The fourth-order valence-electron chi connectivity index (χ4n) is 6.92. The van der Waals surface area contributed by atoms with E-state index in [1.165, 1.54) is 26.4 Å². The molecule has 2 aliphatic carbocycles. The van der Waals surface area contributed by atoms with Gasteiger partial charge in [-0.25, -0.2) is 14.2 Å². The average Bonchev–Trinajstić information content (AvgIpc) is 3.46. The van der Waals surface area contributed by atoms with E-state index >= 15 is 4.39 Å². The van der Waals surface area contributed by atoms with Crippen molar-refractivity contribution in [2.24, 2.45) is 20.0 Å². The van der Waals surface area contributed by atoms with Gasteiger partial charge in [-0.15, -0.1) is 0 Å². The quantitative estimate of drug-likeness (QED) is 0.350. The maximum Gasteiger partial charge on any atom is 0.330 e. The van der Waals surface area contributed by atoms with Gasteiger partial charge in [0.2, 0.25) is 5.88 Å². The molecule has 1 fully saturated rings. The smallest absolute Gasteiger partial charge is 0.330 e. The number of amides is 1. The molecule has 0 saturated carbocycles.